The summed E-state index contributed by atoms with van der Waals surface area (Å²) in [5.74, 6) is -1.06. The fourth-order valence-electron chi connectivity index (χ4n) is 7.38. The maximum absolute atomic E-state index is 12.8. The normalized spacial score (nSPS) is 12.8. The first-order valence-corrected chi connectivity index (χ1v) is 27.7. The summed E-state index contributed by atoms with van der Waals surface area (Å²) in [5.41, 5.74) is 0. The second-order valence-corrected chi connectivity index (χ2v) is 18.1. The summed E-state index contributed by atoms with van der Waals surface area (Å²) in [6.45, 7) is 6.50. The lowest BCUT2D eigenvalue weighted by Gasteiger charge is -2.18. The van der Waals surface area contributed by atoms with Gasteiger partial charge in [0.2, 0.25) is 0 Å². The third-order valence-corrected chi connectivity index (χ3v) is 11.6. The van der Waals surface area contributed by atoms with Crippen LogP contribution < -0.4 is 0 Å². The Hall–Kier alpha value is -3.67. The molecule has 0 aliphatic heterocycles. The van der Waals surface area contributed by atoms with Crippen molar-refractivity contribution in [1.82, 2.24) is 0 Å². The lowest BCUT2D eigenvalue weighted by Crippen LogP contribution is -2.30. The summed E-state index contributed by atoms with van der Waals surface area (Å²) in [4.78, 5) is 38.0. The lowest BCUT2D eigenvalue weighted by atomic mass is 10.0. The molecule has 0 heterocycles. The van der Waals surface area contributed by atoms with Crippen LogP contribution >= 0.6 is 0 Å². The van der Waals surface area contributed by atoms with Crippen molar-refractivity contribution >= 4 is 17.9 Å². The largest absolute Gasteiger partial charge is 0.462 e. The second-order valence-electron chi connectivity index (χ2n) is 18.1. The third-order valence-electron chi connectivity index (χ3n) is 11.6. The first kappa shape index (κ1) is 63.3. The monoisotopic (exact) mass is 931 g/mol. The molecule has 0 fully saturated rings. The minimum absolute atomic E-state index is 0.122. The summed E-state index contributed by atoms with van der Waals surface area (Å²) >= 11 is 0. The van der Waals surface area contributed by atoms with Gasteiger partial charge in [0.15, 0.2) is 6.10 Å². The molecule has 0 amide bonds. The van der Waals surface area contributed by atoms with Gasteiger partial charge >= 0.3 is 17.9 Å². The fourth-order valence-corrected chi connectivity index (χ4v) is 7.38. The molecule has 1 atom stereocenters. The molecular weight excluding hydrogens is 829 g/mol. The molecule has 0 radical (unpaired) electrons. The van der Waals surface area contributed by atoms with Crippen molar-refractivity contribution in [2.45, 2.75) is 258 Å². The summed E-state index contributed by atoms with van der Waals surface area (Å²) in [6.07, 6.45) is 72.7. The van der Waals surface area contributed by atoms with Gasteiger partial charge in [0.05, 0.1) is 0 Å². The van der Waals surface area contributed by atoms with Crippen LogP contribution in [0.5, 0.6) is 0 Å². The smallest absolute Gasteiger partial charge is 0.306 e. The minimum atomic E-state index is -0.836. The molecule has 0 bridgehead atoms. The molecule has 0 unspecified atom stereocenters. The SMILES string of the molecule is CCCCC/C=C\C/C=C\C/C=C\C/C=C\C/C=C\CCC(=O)O[C@H](COC(=O)CCC/C=C\C/C=C\C/C=C\CCCCCCCC)COC(=O)CCCCCCCCCCCCCCC. The number of unbranched alkanes of at least 4 members (excludes halogenated alkanes) is 22. The van der Waals surface area contributed by atoms with E-state index in [1.165, 1.54) is 135 Å². The van der Waals surface area contributed by atoms with Crippen molar-refractivity contribution in [2.75, 3.05) is 13.2 Å². The summed E-state index contributed by atoms with van der Waals surface area (Å²) in [6, 6.07) is 0. The summed E-state index contributed by atoms with van der Waals surface area (Å²) in [7, 11) is 0. The Balaban J connectivity index is 4.57. The zero-order valence-corrected chi connectivity index (χ0v) is 43.6. The van der Waals surface area contributed by atoms with Crippen molar-refractivity contribution in [3.05, 3.63) is 97.2 Å². The van der Waals surface area contributed by atoms with Crippen molar-refractivity contribution in [3.63, 3.8) is 0 Å². The number of carbonyl (C=O) groups excluding carboxylic acids is 3. The van der Waals surface area contributed by atoms with E-state index in [9.17, 15) is 14.4 Å². The van der Waals surface area contributed by atoms with Crippen molar-refractivity contribution in [3.8, 4) is 0 Å². The number of hydrogen-bond donors (Lipinski definition) is 0. The van der Waals surface area contributed by atoms with Crippen molar-refractivity contribution in [2.24, 2.45) is 0 Å². The van der Waals surface area contributed by atoms with Crippen LogP contribution in [0, 0.1) is 0 Å². The topological polar surface area (TPSA) is 78.9 Å². The Bertz CT molecular complexity index is 1350. The van der Waals surface area contributed by atoms with E-state index < -0.39 is 12.1 Å². The standard InChI is InChI=1S/C61H102O6/c1-4-7-10-13-16-19-22-25-27-29-30-32-34-37-40-43-46-49-52-55-61(64)67-58(56-65-59(62)53-50-47-44-41-38-35-24-21-18-15-12-9-6-3)57-66-60(63)54-51-48-45-42-39-36-33-31-28-26-23-20-17-14-11-8-5-2/h16,19,25-28,30,32-33,36-37,40,42,45-46,49,58H,4-15,17-18,20-24,29,31,34-35,38-39,41,43-44,47-48,50-57H2,1-3H3/b19-16-,27-25-,28-26-,32-30-,36-33-,40-37-,45-42-,49-46-/t58-/m0/s1. The van der Waals surface area contributed by atoms with Gasteiger partial charge in [-0.15, -0.1) is 0 Å². The highest BCUT2D eigenvalue weighted by Crippen LogP contribution is 2.14. The molecule has 6 heteroatoms. The average molecular weight is 931 g/mol. The maximum atomic E-state index is 12.8. The van der Waals surface area contributed by atoms with Gasteiger partial charge in [0.25, 0.3) is 0 Å². The van der Waals surface area contributed by atoms with Crippen LogP contribution in [-0.4, -0.2) is 37.2 Å². The van der Waals surface area contributed by atoms with E-state index >= 15 is 0 Å². The molecule has 382 valence electrons. The average Bonchev–Trinajstić information content (AvgIpc) is 3.33. The van der Waals surface area contributed by atoms with E-state index in [1.54, 1.807) is 0 Å². The molecule has 0 aliphatic rings. The van der Waals surface area contributed by atoms with E-state index in [4.69, 9.17) is 14.2 Å². The molecule has 0 rings (SSSR count). The van der Waals surface area contributed by atoms with Crippen LogP contribution in [0.25, 0.3) is 0 Å². The van der Waals surface area contributed by atoms with E-state index in [0.29, 0.717) is 19.3 Å². The first-order chi connectivity index (χ1) is 33.0. The molecule has 0 aliphatic carbocycles. The molecule has 67 heavy (non-hydrogen) atoms. The molecule has 0 aromatic carbocycles. The van der Waals surface area contributed by atoms with Crippen LogP contribution in [-0.2, 0) is 28.6 Å². The van der Waals surface area contributed by atoms with Gasteiger partial charge in [-0.1, -0.05) is 240 Å². The summed E-state index contributed by atoms with van der Waals surface area (Å²) < 4.78 is 16.7. The van der Waals surface area contributed by atoms with Crippen LogP contribution in [0.15, 0.2) is 97.2 Å². The zero-order chi connectivity index (χ0) is 48.6. The van der Waals surface area contributed by atoms with Gasteiger partial charge in [-0.3, -0.25) is 14.4 Å². The maximum Gasteiger partial charge on any atom is 0.306 e. The Morgan fingerprint density at radius 2 is 0.582 bits per heavy atom. The van der Waals surface area contributed by atoms with E-state index in [2.05, 4.69) is 106 Å². The second kappa shape index (κ2) is 54.9. The van der Waals surface area contributed by atoms with Gasteiger partial charge < -0.3 is 14.2 Å². The lowest BCUT2D eigenvalue weighted by molar-refractivity contribution is -0.166. The predicted octanol–water partition coefficient (Wildman–Crippen LogP) is 18.5. The Labute approximate surface area is 413 Å². The zero-order valence-electron chi connectivity index (χ0n) is 43.6. The Morgan fingerprint density at radius 1 is 0.299 bits per heavy atom. The van der Waals surface area contributed by atoms with Gasteiger partial charge in [-0.2, -0.15) is 0 Å². The molecular formula is C61H102O6. The van der Waals surface area contributed by atoms with Gasteiger partial charge in [-0.25, -0.2) is 0 Å². The number of carbonyl (C=O) groups is 3. The fraction of sp³-hybridized carbons (Fsp3) is 0.689. The van der Waals surface area contributed by atoms with E-state index in [0.717, 1.165) is 64.2 Å². The molecule has 0 aromatic heterocycles. The van der Waals surface area contributed by atoms with E-state index in [-0.39, 0.29) is 38.0 Å². The first-order valence-electron chi connectivity index (χ1n) is 27.7. The van der Waals surface area contributed by atoms with Crippen molar-refractivity contribution in [1.29, 1.82) is 0 Å². The highest BCUT2D eigenvalue weighted by Gasteiger charge is 2.19. The van der Waals surface area contributed by atoms with Crippen LogP contribution in [0.2, 0.25) is 0 Å². The quantitative estimate of drug-likeness (QED) is 0.0262. The number of hydrogen-bond acceptors (Lipinski definition) is 6. The van der Waals surface area contributed by atoms with Crippen LogP contribution in [0.3, 0.4) is 0 Å². The Morgan fingerprint density at radius 3 is 0.985 bits per heavy atom. The summed E-state index contributed by atoms with van der Waals surface area (Å²) in [5, 5.41) is 0. The van der Waals surface area contributed by atoms with Gasteiger partial charge in [0, 0.05) is 19.3 Å². The molecule has 0 saturated heterocycles. The number of esters is 3. The number of rotatable bonds is 49. The van der Waals surface area contributed by atoms with E-state index in [1.807, 2.05) is 12.2 Å². The molecule has 0 N–H and O–H groups in total. The molecule has 0 saturated carbocycles. The number of allylic oxidation sites excluding steroid dienone is 16. The highest BCUT2D eigenvalue weighted by molar-refractivity contribution is 5.71. The third kappa shape index (κ3) is 53.2. The minimum Gasteiger partial charge on any atom is -0.462 e. The van der Waals surface area contributed by atoms with Crippen LogP contribution in [0.1, 0.15) is 252 Å². The predicted molar refractivity (Wildman–Crippen MR) is 288 cm³/mol. The number of ether oxygens (including phenoxy) is 3. The molecule has 0 spiro atoms. The van der Waals surface area contributed by atoms with Crippen molar-refractivity contribution < 1.29 is 28.6 Å². The van der Waals surface area contributed by atoms with Crippen LogP contribution in [0.4, 0.5) is 0 Å². The molecule has 0 aromatic rings. The van der Waals surface area contributed by atoms with Gasteiger partial charge in [0.1, 0.15) is 13.2 Å². The highest BCUT2D eigenvalue weighted by atomic mass is 16.6. The van der Waals surface area contributed by atoms with Gasteiger partial charge in [-0.05, 0) is 89.9 Å². The molecule has 6 nitrogen and oxygen atoms in total. The Kier molecular flexibility index (Phi) is 51.9.